The van der Waals surface area contributed by atoms with E-state index in [1.165, 1.54) is 12.1 Å². The lowest BCUT2D eigenvalue weighted by molar-refractivity contribution is -0.297. The first-order valence-electron chi connectivity index (χ1n) is 5.61. The van der Waals surface area contributed by atoms with Gasteiger partial charge >= 0.3 is 12.1 Å². The summed E-state index contributed by atoms with van der Waals surface area (Å²) in [6, 6.07) is 3.92. The fourth-order valence-corrected chi connectivity index (χ4v) is 1.42. The van der Waals surface area contributed by atoms with Gasteiger partial charge in [-0.05, 0) is 24.7 Å². The Labute approximate surface area is 111 Å². The average molecular weight is 301 g/mol. The summed E-state index contributed by atoms with van der Waals surface area (Å²) in [7, 11) is 1.66. The Morgan fingerprint density at radius 2 is 1.80 bits per heavy atom. The third kappa shape index (κ3) is 4.38. The van der Waals surface area contributed by atoms with E-state index in [4.69, 9.17) is 0 Å². The van der Waals surface area contributed by atoms with Gasteiger partial charge in [0.1, 0.15) is 12.4 Å². The van der Waals surface area contributed by atoms with Crippen LogP contribution in [0.1, 0.15) is 11.1 Å². The van der Waals surface area contributed by atoms with Crippen molar-refractivity contribution in [3.8, 4) is 0 Å². The maximum absolute atomic E-state index is 13.4. The van der Waals surface area contributed by atoms with Crippen LogP contribution in [0.15, 0.2) is 18.2 Å². The van der Waals surface area contributed by atoms with Crippen molar-refractivity contribution in [1.29, 1.82) is 0 Å². The SMILES string of the molecule is CNCc1ccc(F)c(COCC(F)(F)C(F)(F)F)c1. The first kappa shape index (κ1) is 16.8. The summed E-state index contributed by atoms with van der Waals surface area (Å²) in [4.78, 5) is 0. The maximum atomic E-state index is 13.4. The van der Waals surface area contributed by atoms with Crippen molar-refractivity contribution < 1.29 is 31.1 Å². The number of halogens is 6. The van der Waals surface area contributed by atoms with Crippen LogP contribution in [-0.2, 0) is 17.9 Å². The minimum atomic E-state index is -5.68. The molecule has 114 valence electrons. The van der Waals surface area contributed by atoms with Crippen molar-refractivity contribution in [2.75, 3.05) is 13.7 Å². The molecule has 0 saturated heterocycles. The van der Waals surface area contributed by atoms with E-state index in [2.05, 4.69) is 10.1 Å². The molecular formula is C12H13F6NO. The summed E-state index contributed by atoms with van der Waals surface area (Å²) in [6.45, 7) is -2.09. The van der Waals surface area contributed by atoms with Gasteiger partial charge in [-0.3, -0.25) is 0 Å². The predicted octanol–water partition coefficient (Wildman–Crippen LogP) is 3.26. The monoisotopic (exact) mass is 301 g/mol. The fourth-order valence-electron chi connectivity index (χ4n) is 1.42. The molecule has 0 aromatic heterocycles. The molecule has 0 saturated carbocycles. The van der Waals surface area contributed by atoms with Crippen molar-refractivity contribution in [1.82, 2.24) is 5.32 Å². The standard InChI is InChI=1S/C12H13F6NO/c1-19-5-8-2-3-10(13)9(4-8)6-20-7-11(14,15)12(16,17)18/h2-4,19H,5-7H2,1H3. The molecule has 0 bridgehead atoms. The van der Waals surface area contributed by atoms with Crippen LogP contribution in [0.5, 0.6) is 0 Å². The van der Waals surface area contributed by atoms with E-state index < -0.39 is 31.1 Å². The number of alkyl halides is 5. The molecule has 2 nitrogen and oxygen atoms in total. The summed E-state index contributed by atoms with van der Waals surface area (Å²) < 4.78 is 78.5. The van der Waals surface area contributed by atoms with Gasteiger partial charge in [0.2, 0.25) is 0 Å². The molecule has 0 aliphatic rings. The van der Waals surface area contributed by atoms with Crippen molar-refractivity contribution in [3.05, 3.63) is 35.1 Å². The van der Waals surface area contributed by atoms with Crippen LogP contribution in [-0.4, -0.2) is 25.8 Å². The van der Waals surface area contributed by atoms with Crippen LogP contribution in [0, 0.1) is 5.82 Å². The number of nitrogens with one attached hydrogen (secondary N) is 1. The van der Waals surface area contributed by atoms with Gasteiger partial charge < -0.3 is 10.1 Å². The number of benzene rings is 1. The first-order valence-corrected chi connectivity index (χ1v) is 5.61. The van der Waals surface area contributed by atoms with Gasteiger partial charge in [-0.25, -0.2) is 4.39 Å². The zero-order valence-corrected chi connectivity index (χ0v) is 10.5. The second-order valence-corrected chi connectivity index (χ2v) is 4.15. The largest absolute Gasteiger partial charge is 0.455 e. The van der Waals surface area contributed by atoms with Crippen LogP contribution < -0.4 is 5.32 Å². The first-order chi connectivity index (χ1) is 9.17. The lowest BCUT2D eigenvalue weighted by Gasteiger charge is -2.19. The lowest BCUT2D eigenvalue weighted by Crippen LogP contribution is -2.40. The highest BCUT2D eigenvalue weighted by atomic mass is 19.4. The molecule has 0 unspecified atom stereocenters. The van der Waals surface area contributed by atoms with E-state index >= 15 is 0 Å². The molecule has 0 heterocycles. The van der Waals surface area contributed by atoms with Crippen molar-refractivity contribution in [2.45, 2.75) is 25.3 Å². The van der Waals surface area contributed by atoms with E-state index in [1.807, 2.05) is 0 Å². The molecule has 0 aliphatic carbocycles. The molecule has 1 N–H and O–H groups in total. The molecule has 0 fully saturated rings. The molecule has 0 radical (unpaired) electrons. The van der Waals surface area contributed by atoms with Crippen LogP contribution >= 0.6 is 0 Å². The fraction of sp³-hybridized carbons (Fsp3) is 0.500. The molecule has 1 aromatic carbocycles. The van der Waals surface area contributed by atoms with Crippen molar-refractivity contribution in [2.24, 2.45) is 0 Å². The molecule has 0 atom stereocenters. The highest BCUT2D eigenvalue weighted by molar-refractivity contribution is 5.24. The highest BCUT2D eigenvalue weighted by Gasteiger charge is 2.57. The summed E-state index contributed by atoms with van der Waals surface area (Å²) in [5, 5.41) is 2.80. The van der Waals surface area contributed by atoms with E-state index in [9.17, 15) is 26.3 Å². The molecule has 1 rings (SSSR count). The number of hydrogen-bond acceptors (Lipinski definition) is 2. The van der Waals surface area contributed by atoms with Crippen LogP contribution in [0.3, 0.4) is 0 Å². The third-order valence-corrected chi connectivity index (χ3v) is 2.45. The summed E-state index contributed by atoms with van der Waals surface area (Å²) in [5.74, 6) is -5.67. The predicted molar refractivity (Wildman–Crippen MR) is 59.8 cm³/mol. The highest BCUT2D eigenvalue weighted by Crippen LogP contribution is 2.35. The second-order valence-electron chi connectivity index (χ2n) is 4.15. The zero-order valence-electron chi connectivity index (χ0n) is 10.5. The van der Waals surface area contributed by atoms with Gasteiger partial charge in [-0.2, -0.15) is 22.0 Å². The molecule has 0 spiro atoms. The van der Waals surface area contributed by atoms with Gasteiger partial charge in [0.25, 0.3) is 0 Å². The quantitative estimate of drug-likeness (QED) is 0.814. The van der Waals surface area contributed by atoms with E-state index in [1.54, 1.807) is 7.05 Å². The van der Waals surface area contributed by atoms with E-state index in [0.717, 1.165) is 6.07 Å². The molecule has 8 heteroatoms. The van der Waals surface area contributed by atoms with Gasteiger partial charge in [-0.15, -0.1) is 0 Å². The summed E-state index contributed by atoms with van der Waals surface area (Å²) in [6.07, 6.45) is -5.68. The topological polar surface area (TPSA) is 21.3 Å². The molecule has 20 heavy (non-hydrogen) atoms. The summed E-state index contributed by atoms with van der Waals surface area (Å²) >= 11 is 0. The van der Waals surface area contributed by atoms with Gasteiger partial charge in [0, 0.05) is 12.1 Å². The smallest absolute Gasteiger partial charge is 0.370 e. The summed E-state index contributed by atoms with van der Waals surface area (Å²) in [5.41, 5.74) is 0.589. The minimum absolute atomic E-state index is 0.0734. The molecule has 1 aromatic rings. The minimum Gasteiger partial charge on any atom is -0.370 e. The van der Waals surface area contributed by atoms with Gasteiger partial charge in [-0.1, -0.05) is 6.07 Å². The molecule has 0 aliphatic heterocycles. The number of rotatable bonds is 6. The molecular weight excluding hydrogens is 288 g/mol. The number of hydrogen-bond donors (Lipinski definition) is 1. The Kier molecular flexibility index (Phi) is 5.41. The van der Waals surface area contributed by atoms with Crippen LogP contribution in [0.4, 0.5) is 26.3 Å². The van der Waals surface area contributed by atoms with Gasteiger partial charge in [0.15, 0.2) is 0 Å². The van der Waals surface area contributed by atoms with Crippen molar-refractivity contribution in [3.63, 3.8) is 0 Å². The zero-order chi connectivity index (χ0) is 15.4. The van der Waals surface area contributed by atoms with Crippen molar-refractivity contribution >= 4 is 0 Å². The maximum Gasteiger partial charge on any atom is 0.455 e. The van der Waals surface area contributed by atoms with E-state index in [0.29, 0.717) is 12.1 Å². The Bertz CT molecular complexity index is 446. The Morgan fingerprint density at radius 1 is 1.15 bits per heavy atom. The third-order valence-electron chi connectivity index (χ3n) is 2.45. The van der Waals surface area contributed by atoms with E-state index in [-0.39, 0.29) is 5.56 Å². The van der Waals surface area contributed by atoms with Crippen LogP contribution in [0.2, 0.25) is 0 Å². The normalized spacial score (nSPS) is 12.8. The Hall–Kier alpha value is -1.28. The Morgan fingerprint density at radius 3 is 2.35 bits per heavy atom. The number of ether oxygens (including phenoxy) is 1. The van der Waals surface area contributed by atoms with Crippen LogP contribution in [0.25, 0.3) is 0 Å². The van der Waals surface area contributed by atoms with Gasteiger partial charge in [0.05, 0.1) is 6.61 Å². The second kappa shape index (κ2) is 6.45. The Balaban J connectivity index is 2.64. The average Bonchev–Trinajstić information content (AvgIpc) is 2.32. The molecule has 0 amide bonds. The lowest BCUT2D eigenvalue weighted by atomic mass is 10.1.